The van der Waals surface area contributed by atoms with Crippen LogP contribution in [0.2, 0.25) is 0 Å². The monoisotopic (exact) mass is 269 g/mol. The van der Waals surface area contributed by atoms with Crippen LogP contribution in [0.5, 0.6) is 0 Å². The predicted molar refractivity (Wildman–Crippen MR) is 68.4 cm³/mol. The molecule has 1 aromatic carbocycles. The Balaban J connectivity index is 2.22. The van der Waals surface area contributed by atoms with Crippen LogP contribution in [-0.4, -0.2) is 31.8 Å². The number of carbonyl (C=O) groups excluding carboxylic acids is 2. The molecule has 0 atom stereocenters. The number of nitrogens with one attached hydrogen (secondary N) is 3. The van der Waals surface area contributed by atoms with Gasteiger partial charge in [0.2, 0.25) is 0 Å². The number of hydrogen-bond acceptors (Lipinski definition) is 3. The number of anilines is 1. The van der Waals surface area contributed by atoms with Gasteiger partial charge in [-0.15, -0.1) is 0 Å². The molecule has 0 radical (unpaired) electrons. The van der Waals surface area contributed by atoms with Crippen molar-refractivity contribution in [2.45, 2.75) is 6.92 Å². The lowest BCUT2D eigenvalue weighted by Crippen LogP contribution is -2.37. The first kappa shape index (κ1) is 14.7. The highest BCUT2D eigenvalue weighted by atomic mass is 19.1. The maximum Gasteiger partial charge on any atom is 0.407 e. The van der Waals surface area contributed by atoms with E-state index >= 15 is 0 Å². The number of benzene rings is 1. The minimum atomic E-state index is -0.546. The van der Waals surface area contributed by atoms with Gasteiger partial charge in [0.05, 0.1) is 12.3 Å². The third-order valence-electron chi connectivity index (χ3n) is 2.08. The smallest absolute Gasteiger partial charge is 0.407 e. The molecular weight excluding hydrogens is 253 g/mol. The number of ether oxygens (including phenoxy) is 1. The van der Waals surface area contributed by atoms with E-state index in [1.54, 1.807) is 13.0 Å². The van der Waals surface area contributed by atoms with Crippen LogP contribution < -0.4 is 16.0 Å². The van der Waals surface area contributed by atoms with Gasteiger partial charge in [0.1, 0.15) is 5.82 Å². The van der Waals surface area contributed by atoms with Crippen molar-refractivity contribution in [3.05, 3.63) is 30.1 Å². The van der Waals surface area contributed by atoms with Crippen molar-refractivity contribution in [3.8, 4) is 0 Å². The summed E-state index contributed by atoms with van der Waals surface area (Å²) in [6.45, 7) is 2.41. The second-order valence-corrected chi connectivity index (χ2v) is 3.51. The van der Waals surface area contributed by atoms with Crippen molar-refractivity contribution in [3.63, 3.8) is 0 Å². The van der Waals surface area contributed by atoms with E-state index in [0.29, 0.717) is 0 Å². The lowest BCUT2D eigenvalue weighted by atomic mass is 10.3. The molecule has 0 saturated carbocycles. The summed E-state index contributed by atoms with van der Waals surface area (Å²) < 4.78 is 17.8. The molecule has 104 valence electrons. The summed E-state index contributed by atoms with van der Waals surface area (Å²) in [4.78, 5) is 22.3. The van der Waals surface area contributed by atoms with Gasteiger partial charge in [-0.05, 0) is 19.1 Å². The van der Waals surface area contributed by atoms with Crippen molar-refractivity contribution < 1.29 is 18.7 Å². The molecule has 0 aliphatic rings. The first-order valence-electron chi connectivity index (χ1n) is 5.83. The summed E-state index contributed by atoms with van der Waals surface area (Å²) in [7, 11) is 0. The first-order valence-corrected chi connectivity index (χ1v) is 5.83. The Labute approximate surface area is 110 Å². The van der Waals surface area contributed by atoms with Crippen LogP contribution in [0, 0.1) is 5.82 Å². The molecule has 7 heteroatoms. The van der Waals surface area contributed by atoms with Crippen LogP contribution in [0.3, 0.4) is 0 Å². The van der Waals surface area contributed by atoms with Crippen molar-refractivity contribution in [1.82, 2.24) is 10.6 Å². The van der Waals surface area contributed by atoms with Gasteiger partial charge >= 0.3 is 12.1 Å². The summed E-state index contributed by atoms with van der Waals surface area (Å²) in [6.07, 6.45) is -0.543. The topological polar surface area (TPSA) is 79.5 Å². The minimum absolute atomic E-state index is 0.0957. The van der Waals surface area contributed by atoms with E-state index in [1.165, 1.54) is 18.2 Å². The van der Waals surface area contributed by atoms with Crippen molar-refractivity contribution in [2.24, 2.45) is 0 Å². The summed E-state index contributed by atoms with van der Waals surface area (Å²) in [5.41, 5.74) is 0.0957. The van der Waals surface area contributed by atoms with E-state index in [1.807, 2.05) is 0 Å². The van der Waals surface area contributed by atoms with Crippen LogP contribution in [0.25, 0.3) is 0 Å². The second kappa shape index (κ2) is 7.91. The molecule has 0 aliphatic heterocycles. The van der Waals surface area contributed by atoms with Gasteiger partial charge in [-0.2, -0.15) is 0 Å². The first-order chi connectivity index (χ1) is 9.13. The van der Waals surface area contributed by atoms with Crippen LogP contribution >= 0.6 is 0 Å². The third-order valence-corrected chi connectivity index (χ3v) is 2.08. The van der Waals surface area contributed by atoms with Gasteiger partial charge in [0.15, 0.2) is 0 Å². The van der Waals surface area contributed by atoms with Gasteiger partial charge in [0, 0.05) is 13.1 Å². The Morgan fingerprint density at radius 1 is 1.21 bits per heavy atom. The maximum absolute atomic E-state index is 13.2. The van der Waals surface area contributed by atoms with Crippen molar-refractivity contribution >= 4 is 17.8 Å². The molecule has 19 heavy (non-hydrogen) atoms. The summed E-state index contributed by atoms with van der Waals surface area (Å²) >= 11 is 0. The Bertz CT molecular complexity index is 440. The number of para-hydroxylation sites is 1. The van der Waals surface area contributed by atoms with Crippen LogP contribution in [0.1, 0.15) is 6.92 Å². The molecule has 3 amide bonds. The minimum Gasteiger partial charge on any atom is -0.450 e. The maximum atomic E-state index is 13.2. The van der Waals surface area contributed by atoms with Gasteiger partial charge in [-0.3, -0.25) is 0 Å². The number of alkyl carbamates (subject to hydrolysis) is 1. The Hall–Kier alpha value is -2.31. The van der Waals surface area contributed by atoms with Crippen molar-refractivity contribution in [1.29, 1.82) is 0 Å². The second-order valence-electron chi connectivity index (χ2n) is 3.51. The number of rotatable bonds is 5. The zero-order valence-electron chi connectivity index (χ0n) is 10.5. The largest absolute Gasteiger partial charge is 0.450 e. The Morgan fingerprint density at radius 2 is 1.89 bits per heavy atom. The van der Waals surface area contributed by atoms with E-state index < -0.39 is 17.9 Å². The van der Waals surface area contributed by atoms with Crippen molar-refractivity contribution in [2.75, 3.05) is 25.0 Å². The molecule has 0 unspecified atom stereocenters. The van der Waals surface area contributed by atoms with Crippen LogP contribution in [0.15, 0.2) is 24.3 Å². The number of carbonyl (C=O) groups is 2. The highest BCUT2D eigenvalue weighted by Crippen LogP contribution is 2.11. The molecule has 0 saturated heterocycles. The molecule has 0 aliphatic carbocycles. The molecule has 0 fully saturated rings. The predicted octanol–water partition coefficient (Wildman–Crippen LogP) is 1.69. The lowest BCUT2D eigenvalue weighted by molar-refractivity contribution is 0.152. The number of amides is 3. The van der Waals surface area contributed by atoms with Gasteiger partial charge in [-0.25, -0.2) is 14.0 Å². The highest BCUT2D eigenvalue weighted by Gasteiger charge is 2.05. The molecule has 0 spiro atoms. The molecule has 1 aromatic rings. The fourth-order valence-corrected chi connectivity index (χ4v) is 1.25. The van der Waals surface area contributed by atoms with E-state index in [4.69, 9.17) is 0 Å². The van der Waals surface area contributed by atoms with Gasteiger partial charge in [0.25, 0.3) is 0 Å². The number of hydrogen-bond donors (Lipinski definition) is 3. The molecule has 0 heterocycles. The number of halogens is 1. The molecule has 0 bridgehead atoms. The lowest BCUT2D eigenvalue weighted by Gasteiger charge is -2.09. The van der Waals surface area contributed by atoms with Crippen LogP contribution in [-0.2, 0) is 4.74 Å². The fraction of sp³-hybridized carbons (Fsp3) is 0.333. The standard InChI is InChI=1S/C12H16FN3O3/c1-2-19-12(18)15-8-7-14-11(17)16-10-6-4-3-5-9(10)13/h3-6H,2,7-8H2,1H3,(H,15,18)(H2,14,16,17). The average molecular weight is 269 g/mol. The van der Waals surface area contributed by atoms with E-state index in [0.717, 1.165) is 0 Å². The summed E-state index contributed by atoms with van der Waals surface area (Å²) in [5, 5.41) is 7.26. The molecule has 0 aromatic heterocycles. The van der Waals surface area contributed by atoms with Gasteiger partial charge in [-0.1, -0.05) is 12.1 Å². The molecule has 3 N–H and O–H groups in total. The summed E-state index contributed by atoms with van der Waals surface area (Å²) in [5.74, 6) is -0.512. The van der Waals surface area contributed by atoms with Gasteiger partial charge < -0.3 is 20.7 Å². The zero-order valence-corrected chi connectivity index (χ0v) is 10.5. The summed E-state index contributed by atoms with van der Waals surface area (Å²) in [6, 6.07) is 5.29. The molecule has 6 nitrogen and oxygen atoms in total. The van der Waals surface area contributed by atoms with E-state index in [-0.39, 0.29) is 25.4 Å². The highest BCUT2D eigenvalue weighted by molar-refractivity contribution is 5.89. The van der Waals surface area contributed by atoms with E-state index in [2.05, 4.69) is 20.7 Å². The Morgan fingerprint density at radius 3 is 2.58 bits per heavy atom. The SMILES string of the molecule is CCOC(=O)NCCNC(=O)Nc1ccccc1F. The zero-order chi connectivity index (χ0) is 14.1. The number of urea groups is 1. The fourth-order valence-electron chi connectivity index (χ4n) is 1.25. The van der Waals surface area contributed by atoms with E-state index in [9.17, 15) is 14.0 Å². The molecular formula is C12H16FN3O3. The Kier molecular flexibility index (Phi) is 6.14. The normalized spacial score (nSPS) is 9.58. The molecule has 1 rings (SSSR count). The third kappa shape index (κ3) is 5.71. The quantitative estimate of drug-likeness (QED) is 0.712. The average Bonchev–Trinajstić information content (AvgIpc) is 2.38. The van der Waals surface area contributed by atoms with Crippen LogP contribution in [0.4, 0.5) is 19.7 Å².